The number of carboxylic acids is 1. The van der Waals surface area contributed by atoms with Gasteiger partial charge in [-0.05, 0) is 6.07 Å². The number of pyridine rings is 1. The lowest BCUT2D eigenvalue weighted by atomic mass is 10.2. The maximum absolute atomic E-state index is 11.4. The molecular weight excluding hydrogens is 272 g/mol. The summed E-state index contributed by atoms with van der Waals surface area (Å²) in [5.41, 5.74) is 1.96. The molecule has 0 aliphatic heterocycles. The first-order valence-electron chi connectivity index (χ1n) is 6.19. The number of carboxylic acid groups (broad SMARTS) is 1. The number of hydrogen-bond acceptors (Lipinski definition) is 6. The van der Waals surface area contributed by atoms with Gasteiger partial charge in [-0.3, -0.25) is 4.68 Å². The summed E-state index contributed by atoms with van der Waals surface area (Å²) in [7, 11) is 1.75. The zero-order chi connectivity index (χ0) is 14.8. The van der Waals surface area contributed by atoms with Gasteiger partial charge in [0.15, 0.2) is 5.65 Å². The van der Waals surface area contributed by atoms with Crippen LogP contribution in [0.4, 0.5) is 5.69 Å². The summed E-state index contributed by atoms with van der Waals surface area (Å²) in [5, 5.41) is 17.2. The van der Waals surface area contributed by atoms with Gasteiger partial charge in [-0.2, -0.15) is 5.10 Å². The summed E-state index contributed by atoms with van der Waals surface area (Å²) in [6.45, 7) is 0.386. The molecule has 0 amide bonds. The highest BCUT2D eigenvalue weighted by molar-refractivity contribution is 6.03. The van der Waals surface area contributed by atoms with E-state index in [4.69, 9.17) is 0 Å². The lowest BCUT2D eigenvalue weighted by Gasteiger charge is -2.10. The smallest absolute Gasteiger partial charge is 0.339 e. The normalized spacial score (nSPS) is 10.7. The third kappa shape index (κ3) is 2.38. The molecule has 8 nitrogen and oxygen atoms in total. The molecule has 3 rings (SSSR count). The maximum atomic E-state index is 11.4. The average molecular weight is 284 g/mol. The van der Waals surface area contributed by atoms with Gasteiger partial charge in [0.2, 0.25) is 0 Å². The summed E-state index contributed by atoms with van der Waals surface area (Å²) >= 11 is 0. The van der Waals surface area contributed by atoms with Crippen LogP contribution < -0.4 is 5.32 Å². The van der Waals surface area contributed by atoms with Gasteiger partial charge in [0.1, 0.15) is 11.9 Å². The Morgan fingerprint density at radius 2 is 2.24 bits per heavy atom. The molecule has 3 aromatic heterocycles. The van der Waals surface area contributed by atoms with Crippen LogP contribution in [0.1, 0.15) is 16.1 Å². The molecule has 0 fully saturated rings. The van der Waals surface area contributed by atoms with Crippen molar-refractivity contribution in [3.05, 3.63) is 42.2 Å². The lowest BCUT2D eigenvalue weighted by Crippen LogP contribution is -2.09. The SMILES string of the molecule is Cn1ncc2c(NCc3ccncn3)c(C(=O)O)cnc21. The first-order chi connectivity index (χ1) is 10.2. The second-order valence-corrected chi connectivity index (χ2v) is 4.41. The number of aryl methyl sites for hydroxylation is 1. The minimum atomic E-state index is -1.04. The topological polar surface area (TPSA) is 106 Å². The van der Waals surface area contributed by atoms with Gasteiger partial charge in [-0.1, -0.05) is 0 Å². The summed E-state index contributed by atoms with van der Waals surface area (Å²) in [4.78, 5) is 23.4. The molecule has 21 heavy (non-hydrogen) atoms. The van der Waals surface area contributed by atoms with E-state index < -0.39 is 5.97 Å². The Bertz CT molecular complexity index is 799. The van der Waals surface area contributed by atoms with Crippen LogP contribution in [0.2, 0.25) is 0 Å². The Kier molecular flexibility index (Phi) is 3.19. The molecule has 2 N–H and O–H groups in total. The minimum Gasteiger partial charge on any atom is -0.478 e. The van der Waals surface area contributed by atoms with E-state index in [1.807, 2.05) is 0 Å². The van der Waals surface area contributed by atoms with E-state index in [9.17, 15) is 9.90 Å². The zero-order valence-electron chi connectivity index (χ0n) is 11.2. The number of aromatic carboxylic acids is 1. The van der Waals surface area contributed by atoms with Gasteiger partial charge < -0.3 is 10.4 Å². The molecule has 0 radical (unpaired) electrons. The van der Waals surface area contributed by atoms with Crippen molar-refractivity contribution >= 4 is 22.7 Å². The van der Waals surface area contributed by atoms with E-state index in [0.29, 0.717) is 23.3 Å². The predicted octanol–water partition coefficient (Wildman–Crippen LogP) is 1.07. The van der Waals surface area contributed by atoms with E-state index in [2.05, 4.69) is 25.4 Å². The Morgan fingerprint density at radius 1 is 1.38 bits per heavy atom. The number of aromatic nitrogens is 5. The molecule has 0 aromatic carbocycles. The molecule has 106 valence electrons. The van der Waals surface area contributed by atoms with Gasteiger partial charge in [0.25, 0.3) is 0 Å². The summed E-state index contributed by atoms with van der Waals surface area (Å²) < 4.78 is 1.59. The van der Waals surface area contributed by atoms with Crippen molar-refractivity contribution < 1.29 is 9.90 Å². The van der Waals surface area contributed by atoms with Crippen molar-refractivity contribution in [2.24, 2.45) is 7.05 Å². The fourth-order valence-corrected chi connectivity index (χ4v) is 2.05. The number of hydrogen-bond donors (Lipinski definition) is 2. The number of nitrogens with one attached hydrogen (secondary N) is 1. The van der Waals surface area contributed by atoms with Crippen LogP contribution in [0.3, 0.4) is 0 Å². The third-order valence-corrected chi connectivity index (χ3v) is 3.08. The number of anilines is 1. The van der Waals surface area contributed by atoms with E-state index >= 15 is 0 Å². The molecular formula is C13H12N6O2. The monoisotopic (exact) mass is 284 g/mol. The van der Waals surface area contributed by atoms with Crippen molar-refractivity contribution in [1.82, 2.24) is 24.7 Å². The summed E-state index contributed by atoms with van der Waals surface area (Å²) in [6.07, 6.45) is 6.00. The van der Waals surface area contributed by atoms with Crippen LogP contribution in [0.15, 0.2) is 31.0 Å². The van der Waals surface area contributed by atoms with Crippen molar-refractivity contribution in [1.29, 1.82) is 0 Å². The van der Waals surface area contributed by atoms with Gasteiger partial charge >= 0.3 is 5.97 Å². The number of carbonyl (C=O) groups is 1. The minimum absolute atomic E-state index is 0.101. The van der Waals surface area contributed by atoms with Crippen molar-refractivity contribution in [2.45, 2.75) is 6.54 Å². The first-order valence-corrected chi connectivity index (χ1v) is 6.19. The molecule has 3 heterocycles. The van der Waals surface area contributed by atoms with Gasteiger partial charge in [0.05, 0.1) is 29.5 Å². The van der Waals surface area contributed by atoms with Gasteiger partial charge in [-0.25, -0.2) is 19.7 Å². The second-order valence-electron chi connectivity index (χ2n) is 4.41. The second kappa shape index (κ2) is 5.16. The number of rotatable bonds is 4. The van der Waals surface area contributed by atoms with Crippen LogP contribution >= 0.6 is 0 Å². The maximum Gasteiger partial charge on any atom is 0.339 e. The molecule has 0 unspecified atom stereocenters. The zero-order valence-corrected chi connectivity index (χ0v) is 11.2. The highest BCUT2D eigenvalue weighted by Gasteiger charge is 2.16. The molecule has 0 saturated carbocycles. The Morgan fingerprint density at radius 3 is 2.95 bits per heavy atom. The van der Waals surface area contributed by atoms with E-state index in [1.165, 1.54) is 12.5 Å². The van der Waals surface area contributed by atoms with Crippen LogP contribution in [0.25, 0.3) is 11.0 Å². The summed E-state index contributed by atoms with van der Waals surface area (Å²) in [6, 6.07) is 1.76. The molecule has 0 saturated heterocycles. The van der Waals surface area contributed by atoms with Gasteiger partial charge in [-0.15, -0.1) is 0 Å². The lowest BCUT2D eigenvalue weighted by molar-refractivity contribution is 0.0697. The molecule has 0 atom stereocenters. The van der Waals surface area contributed by atoms with Crippen molar-refractivity contribution in [3.8, 4) is 0 Å². The van der Waals surface area contributed by atoms with E-state index in [0.717, 1.165) is 5.69 Å². The largest absolute Gasteiger partial charge is 0.478 e. The van der Waals surface area contributed by atoms with Crippen molar-refractivity contribution in [2.75, 3.05) is 5.32 Å². The molecule has 0 bridgehead atoms. The van der Waals surface area contributed by atoms with Crippen molar-refractivity contribution in [3.63, 3.8) is 0 Å². The fraction of sp³-hybridized carbons (Fsp3) is 0.154. The van der Waals surface area contributed by atoms with Crippen LogP contribution in [0.5, 0.6) is 0 Å². The summed E-state index contributed by atoms with van der Waals surface area (Å²) in [5.74, 6) is -1.04. The Labute approximate surface area is 119 Å². The number of nitrogens with zero attached hydrogens (tertiary/aromatic N) is 5. The standard InChI is InChI=1S/C13H12N6O2/c1-19-12-9(6-18-19)11(10(5-16-12)13(20)21)15-4-8-2-3-14-7-17-8/h2-3,5-7H,4H2,1H3,(H,15,16)(H,20,21). The van der Waals surface area contributed by atoms with Gasteiger partial charge in [0, 0.05) is 19.4 Å². The quantitative estimate of drug-likeness (QED) is 0.738. The predicted molar refractivity (Wildman–Crippen MR) is 74.8 cm³/mol. The molecule has 0 aliphatic rings. The highest BCUT2D eigenvalue weighted by atomic mass is 16.4. The first kappa shape index (κ1) is 13.0. The Hall–Kier alpha value is -3.03. The average Bonchev–Trinajstić information content (AvgIpc) is 2.87. The fourth-order valence-electron chi connectivity index (χ4n) is 2.05. The van der Waals surface area contributed by atoms with Crippen LogP contribution in [0, 0.1) is 0 Å². The van der Waals surface area contributed by atoms with Crippen LogP contribution in [-0.2, 0) is 13.6 Å². The Balaban J connectivity index is 2.02. The highest BCUT2D eigenvalue weighted by Crippen LogP contribution is 2.25. The van der Waals surface area contributed by atoms with Crippen LogP contribution in [-0.4, -0.2) is 35.8 Å². The molecule has 0 aliphatic carbocycles. The molecule has 8 heteroatoms. The third-order valence-electron chi connectivity index (χ3n) is 3.08. The van der Waals surface area contributed by atoms with E-state index in [1.54, 1.807) is 30.2 Å². The molecule has 0 spiro atoms. The number of fused-ring (bicyclic) bond motifs is 1. The van der Waals surface area contributed by atoms with E-state index in [-0.39, 0.29) is 5.56 Å². The molecule has 3 aromatic rings.